The summed E-state index contributed by atoms with van der Waals surface area (Å²) in [5.74, 6) is 0. The van der Waals surface area contributed by atoms with Gasteiger partial charge in [0.05, 0.1) is 22.1 Å². The van der Waals surface area contributed by atoms with Gasteiger partial charge in [0.15, 0.2) is 0 Å². The van der Waals surface area contributed by atoms with E-state index in [1.54, 1.807) is 0 Å². The number of benzene rings is 9. The highest BCUT2D eigenvalue weighted by Gasteiger charge is 2.24. The van der Waals surface area contributed by atoms with Crippen LogP contribution in [0.3, 0.4) is 0 Å². The van der Waals surface area contributed by atoms with E-state index in [0.717, 1.165) is 55.8 Å². The Labute approximate surface area is 343 Å². The lowest BCUT2D eigenvalue weighted by atomic mass is 9.90. The first-order valence-electron chi connectivity index (χ1n) is 20.3. The van der Waals surface area contributed by atoms with E-state index in [2.05, 4.69) is 230 Å². The van der Waals surface area contributed by atoms with E-state index in [9.17, 15) is 0 Å². The maximum atomic E-state index is 6.90. The van der Waals surface area contributed by atoms with Crippen molar-refractivity contribution in [1.82, 2.24) is 4.57 Å². The number of anilines is 3. The zero-order valence-electron chi connectivity index (χ0n) is 32.9. The smallest absolute Gasteiger partial charge is 0.145 e. The highest BCUT2D eigenvalue weighted by Crippen LogP contribution is 2.48. The fourth-order valence-electron chi connectivity index (χ4n) is 9.07. The summed E-state index contributed by atoms with van der Waals surface area (Å²) in [5.41, 5.74) is 17.9. The van der Waals surface area contributed by atoms with Gasteiger partial charge in [0.2, 0.25) is 0 Å². The third-order valence-corrected chi connectivity index (χ3v) is 11.8. The fraction of sp³-hybridized carbons (Fsp3) is 0.0357. The van der Waals surface area contributed by atoms with E-state index in [0.29, 0.717) is 0 Å². The second kappa shape index (κ2) is 14.1. The largest absolute Gasteiger partial charge is 0.455 e. The number of hydrogen-bond donors (Lipinski definition) is 0. The Hall–Kier alpha value is -7.62. The van der Waals surface area contributed by atoms with Crippen LogP contribution in [0.5, 0.6) is 0 Å². The van der Waals surface area contributed by atoms with Gasteiger partial charge in [-0.05, 0) is 114 Å². The third-order valence-electron chi connectivity index (χ3n) is 11.8. The van der Waals surface area contributed by atoms with Crippen LogP contribution < -0.4 is 4.90 Å². The normalized spacial score (nSPS) is 11.6. The van der Waals surface area contributed by atoms with Crippen LogP contribution >= 0.6 is 0 Å². The molecule has 11 rings (SSSR count). The van der Waals surface area contributed by atoms with Crippen LogP contribution in [0.2, 0.25) is 0 Å². The van der Waals surface area contributed by atoms with Gasteiger partial charge in [-0.3, -0.25) is 0 Å². The highest BCUT2D eigenvalue weighted by atomic mass is 16.3. The summed E-state index contributed by atoms with van der Waals surface area (Å²) in [4.78, 5) is 2.41. The monoisotopic (exact) mass is 756 g/mol. The first kappa shape index (κ1) is 34.6. The molecule has 9 aromatic carbocycles. The van der Waals surface area contributed by atoms with Crippen LogP contribution in [-0.2, 0) is 0 Å². The molecule has 3 nitrogen and oxygen atoms in total. The van der Waals surface area contributed by atoms with Gasteiger partial charge >= 0.3 is 0 Å². The molecule has 0 aliphatic rings. The zero-order chi connectivity index (χ0) is 39.5. The molecular weight excluding hydrogens is 717 g/mol. The minimum absolute atomic E-state index is 0.863. The molecule has 2 aromatic heterocycles. The average molecular weight is 757 g/mol. The molecule has 11 aromatic rings. The molecule has 0 saturated heterocycles. The van der Waals surface area contributed by atoms with Crippen molar-refractivity contribution >= 4 is 60.8 Å². The van der Waals surface area contributed by atoms with Crippen molar-refractivity contribution in [2.45, 2.75) is 13.8 Å². The molecule has 0 bridgehead atoms. The average Bonchev–Trinajstić information content (AvgIpc) is 3.85. The van der Waals surface area contributed by atoms with Gasteiger partial charge in [0, 0.05) is 38.8 Å². The predicted molar refractivity (Wildman–Crippen MR) is 249 cm³/mol. The Morgan fingerprint density at radius 3 is 1.69 bits per heavy atom. The van der Waals surface area contributed by atoms with Gasteiger partial charge in [-0.15, -0.1) is 0 Å². The zero-order valence-corrected chi connectivity index (χ0v) is 32.9. The molecule has 0 atom stereocenters. The molecule has 59 heavy (non-hydrogen) atoms. The van der Waals surface area contributed by atoms with Gasteiger partial charge in [0.25, 0.3) is 0 Å². The summed E-state index contributed by atoms with van der Waals surface area (Å²) >= 11 is 0. The van der Waals surface area contributed by atoms with Crippen LogP contribution in [0.1, 0.15) is 11.1 Å². The number of hydrogen-bond acceptors (Lipinski definition) is 2. The molecule has 0 N–H and O–H groups in total. The Kier molecular flexibility index (Phi) is 8.27. The Bertz CT molecular complexity index is 3270. The topological polar surface area (TPSA) is 21.3 Å². The van der Waals surface area contributed by atoms with Crippen LogP contribution in [0.4, 0.5) is 17.1 Å². The van der Waals surface area contributed by atoms with E-state index in [4.69, 9.17) is 4.42 Å². The minimum atomic E-state index is 0.863. The van der Waals surface area contributed by atoms with Gasteiger partial charge < -0.3 is 13.9 Å². The van der Waals surface area contributed by atoms with E-state index in [-0.39, 0.29) is 0 Å². The molecule has 0 unspecified atom stereocenters. The molecule has 2 heterocycles. The van der Waals surface area contributed by atoms with E-state index in [1.165, 1.54) is 55.2 Å². The quantitative estimate of drug-likeness (QED) is 0.161. The Morgan fingerprint density at radius 1 is 0.441 bits per heavy atom. The highest BCUT2D eigenvalue weighted by molar-refractivity contribution is 6.17. The molecule has 0 fully saturated rings. The second-order valence-electron chi connectivity index (χ2n) is 15.4. The minimum Gasteiger partial charge on any atom is -0.455 e. The summed E-state index contributed by atoms with van der Waals surface area (Å²) in [6.45, 7) is 4.38. The summed E-state index contributed by atoms with van der Waals surface area (Å²) < 4.78 is 9.26. The summed E-state index contributed by atoms with van der Waals surface area (Å²) in [7, 11) is 0. The number of nitrogens with zero attached hydrogens (tertiary/aromatic N) is 2. The second-order valence-corrected chi connectivity index (χ2v) is 15.4. The third kappa shape index (κ3) is 5.82. The molecule has 0 saturated carbocycles. The number of aryl methyl sites for hydroxylation is 2. The first-order chi connectivity index (χ1) is 29.1. The lowest BCUT2D eigenvalue weighted by molar-refractivity contribution is 0.670. The Balaban J connectivity index is 1.12. The summed E-state index contributed by atoms with van der Waals surface area (Å²) in [6, 6.07) is 74.2. The number of rotatable bonds is 7. The van der Waals surface area contributed by atoms with Crippen molar-refractivity contribution in [2.75, 3.05) is 4.90 Å². The number of para-hydroxylation sites is 3. The predicted octanol–water partition coefficient (Wildman–Crippen LogP) is 15.8. The van der Waals surface area contributed by atoms with Crippen molar-refractivity contribution in [1.29, 1.82) is 0 Å². The van der Waals surface area contributed by atoms with Crippen molar-refractivity contribution in [3.63, 3.8) is 0 Å². The van der Waals surface area contributed by atoms with Crippen molar-refractivity contribution in [3.05, 3.63) is 217 Å². The maximum Gasteiger partial charge on any atom is 0.145 e. The van der Waals surface area contributed by atoms with Crippen LogP contribution in [0.15, 0.2) is 211 Å². The van der Waals surface area contributed by atoms with E-state index in [1.807, 2.05) is 0 Å². The molecule has 0 aliphatic carbocycles. The Morgan fingerprint density at radius 2 is 1.02 bits per heavy atom. The van der Waals surface area contributed by atoms with Crippen molar-refractivity contribution < 1.29 is 4.42 Å². The van der Waals surface area contributed by atoms with E-state index >= 15 is 0 Å². The van der Waals surface area contributed by atoms with Crippen molar-refractivity contribution in [3.8, 4) is 39.1 Å². The molecule has 280 valence electrons. The first-order valence-corrected chi connectivity index (χ1v) is 20.3. The van der Waals surface area contributed by atoms with Crippen LogP contribution in [-0.4, -0.2) is 4.57 Å². The van der Waals surface area contributed by atoms with Gasteiger partial charge in [-0.2, -0.15) is 0 Å². The molecule has 0 aliphatic heterocycles. The lowest BCUT2D eigenvalue weighted by Crippen LogP contribution is -2.11. The fourth-order valence-corrected chi connectivity index (χ4v) is 9.07. The summed E-state index contributed by atoms with van der Waals surface area (Å²) in [6.07, 6.45) is 0. The van der Waals surface area contributed by atoms with Gasteiger partial charge in [0.1, 0.15) is 11.2 Å². The molecule has 0 amide bonds. The summed E-state index contributed by atoms with van der Waals surface area (Å²) in [5, 5.41) is 4.67. The van der Waals surface area contributed by atoms with Gasteiger partial charge in [-0.1, -0.05) is 145 Å². The van der Waals surface area contributed by atoms with Crippen LogP contribution in [0.25, 0.3) is 82.8 Å². The lowest BCUT2D eigenvalue weighted by Gasteiger charge is -2.29. The molecule has 0 spiro atoms. The molecular formula is C56H40N2O. The van der Waals surface area contributed by atoms with E-state index < -0.39 is 0 Å². The standard InChI is InChI=1S/C56H40N2O/c1-37-25-29-42(30-26-37)57(44-35-38(2)54(41-17-7-4-8-18-41)49(36-44)39-15-5-3-6-16-39)52-34-33-45(56-55(52)48-21-11-14-24-53(48)59-56)40-27-31-43(32-28-40)58-50-22-12-9-19-46(50)47-20-10-13-23-51(47)58/h3-36H,1-2H3. The van der Waals surface area contributed by atoms with Gasteiger partial charge in [-0.25, -0.2) is 0 Å². The molecule has 3 heteroatoms. The number of aromatic nitrogens is 1. The maximum absolute atomic E-state index is 6.90. The SMILES string of the molecule is Cc1ccc(N(c2cc(C)c(-c3ccccc3)c(-c3ccccc3)c2)c2ccc(-c3ccc(-n4c5ccccc5c5ccccc54)cc3)c3oc4ccccc4c23)cc1. The number of furan rings is 1. The van der Waals surface area contributed by atoms with Crippen LogP contribution in [0, 0.1) is 13.8 Å². The van der Waals surface area contributed by atoms with Crippen molar-refractivity contribution in [2.24, 2.45) is 0 Å². The number of fused-ring (bicyclic) bond motifs is 6. The molecule has 0 radical (unpaired) electrons.